The van der Waals surface area contributed by atoms with Crippen molar-refractivity contribution < 1.29 is 9.90 Å². The van der Waals surface area contributed by atoms with Crippen LogP contribution in [0.3, 0.4) is 0 Å². The second kappa shape index (κ2) is 5.09. The molecule has 1 amide bonds. The van der Waals surface area contributed by atoms with Crippen LogP contribution in [0.4, 0.5) is 0 Å². The highest BCUT2D eigenvalue weighted by atomic mass is 16.3. The van der Waals surface area contributed by atoms with E-state index in [-0.39, 0.29) is 12.5 Å². The number of nitrogens with one attached hydrogen (secondary N) is 2. The molecule has 4 nitrogen and oxygen atoms in total. The quantitative estimate of drug-likeness (QED) is 0.644. The summed E-state index contributed by atoms with van der Waals surface area (Å²) in [6, 6.07) is 5.78. The van der Waals surface area contributed by atoms with Gasteiger partial charge in [-0.25, -0.2) is 0 Å². The summed E-state index contributed by atoms with van der Waals surface area (Å²) in [5.41, 5.74) is 3.17. The van der Waals surface area contributed by atoms with Crippen molar-refractivity contribution in [3.8, 4) is 0 Å². The summed E-state index contributed by atoms with van der Waals surface area (Å²) in [7, 11) is 0. The van der Waals surface area contributed by atoms with Crippen LogP contribution in [-0.4, -0.2) is 24.2 Å². The van der Waals surface area contributed by atoms with Crippen molar-refractivity contribution in [3.05, 3.63) is 34.9 Å². The SMILES string of the molecule is O=C(NCCCO)c1ccc2c(c1)CNC2. The minimum absolute atomic E-state index is 0.0665. The first-order valence-electron chi connectivity index (χ1n) is 5.53. The Morgan fingerprint density at radius 3 is 3.00 bits per heavy atom. The first-order valence-corrected chi connectivity index (χ1v) is 5.53. The maximum atomic E-state index is 11.7. The lowest BCUT2D eigenvalue weighted by Crippen LogP contribution is -2.25. The first kappa shape index (κ1) is 11.1. The van der Waals surface area contributed by atoms with Crippen LogP contribution in [0.5, 0.6) is 0 Å². The van der Waals surface area contributed by atoms with E-state index in [1.54, 1.807) is 0 Å². The van der Waals surface area contributed by atoms with E-state index in [0.29, 0.717) is 18.5 Å². The minimum Gasteiger partial charge on any atom is -0.396 e. The normalized spacial score (nSPS) is 13.6. The fourth-order valence-electron chi connectivity index (χ4n) is 1.82. The number of carbonyl (C=O) groups excluding carboxylic acids is 1. The summed E-state index contributed by atoms with van der Waals surface area (Å²) >= 11 is 0. The van der Waals surface area contributed by atoms with Crippen molar-refractivity contribution in [1.29, 1.82) is 0 Å². The molecule has 1 aliphatic heterocycles. The van der Waals surface area contributed by atoms with E-state index in [1.807, 2.05) is 18.2 Å². The van der Waals surface area contributed by atoms with Crippen LogP contribution in [0, 0.1) is 0 Å². The zero-order valence-corrected chi connectivity index (χ0v) is 9.12. The third kappa shape index (κ3) is 2.40. The average molecular weight is 220 g/mol. The van der Waals surface area contributed by atoms with Gasteiger partial charge in [-0.3, -0.25) is 4.79 Å². The second-order valence-corrected chi connectivity index (χ2v) is 3.92. The van der Waals surface area contributed by atoms with E-state index in [4.69, 9.17) is 5.11 Å². The molecule has 0 radical (unpaired) electrons. The van der Waals surface area contributed by atoms with Crippen LogP contribution >= 0.6 is 0 Å². The van der Waals surface area contributed by atoms with Crippen molar-refractivity contribution in [2.75, 3.05) is 13.2 Å². The van der Waals surface area contributed by atoms with Crippen molar-refractivity contribution in [3.63, 3.8) is 0 Å². The average Bonchev–Trinajstić information content (AvgIpc) is 2.76. The molecule has 0 bridgehead atoms. The molecule has 1 heterocycles. The number of benzene rings is 1. The predicted octanol–water partition coefficient (Wildman–Crippen LogP) is 0.402. The number of amides is 1. The molecule has 0 aromatic heterocycles. The van der Waals surface area contributed by atoms with E-state index >= 15 is 0 Å². The topological polar surface area (TPSA) is 61.4 Å². The number of hydrogen-bond donors (Lipinski definition) is 3. The lowest BCUT2D eigenvalue weighted by Gasteiger charge is -2.05. The highest BCUT2D eigenvalue weighted by Crippen LogP contribution is 2.16. The molecule has 2 rings (SSSR count). The number of aliphatic hydroxyl groups is 1. The monoisotopic (exact) mass is 220 g/mol. The Bertz CT molecular complexity index is 391. The van der Waals surface area contributed by atoms with E-state index in [9.17, 15) is 4.79 Å². The van der Waals surface area contributed by atoms with Crippen LogP contribution in [0.1, 0.15) is 27.9 Å². The van der Waals surface area contributed by atoms with E-state index in [2.05, 4.69) is 10.6 Å². The van der Waals surface area contributed by atoms with Gasteiger partial charge in [0, 0.05) is 31.8 Å². The van der Waals surface area contributed by atoms with Crippen molar-refractivity contribution in [2.24, 2.45) is 0 Å². The smallest absolute Gasteiger partial charge is 0.251 e. The largest absolute Gasteiger partial charge is 0.396 e. The van der Waals surface area contributed by atoms with Gasteiger partial charge in [0.15, 0.2) is 0 Å². The summed E-state index contributed by atoms with van der Waals surface area (Å²) < 4.78 is 0. The predicted molar refractivity (Wildman–Crippen MR) is 61.0 cm³/mol. The molecule has 1 aliphatic rings. The zero-order chi connectivity index (χ0) is 11.4. The minimum atomic E-state index is -0.0665. The van der Waals surface area contributed by atoms with Gasteiger partial charge in [0.1, 0.15) is 0 Å². The van der Waals surface area contributed by atoms with E-state index in [1.165, 1.54) is 11.1 Å². The van der Waals surface area contributed by atoms with Gasteiger partial charge in [0.2, 0.25) is 0 Å². The third-order valence-electron chi connectivity index (χ3n) is 2.72. The molecule has 16 heavy (non-hydrogen) atoms. The van der Waals surface area contributed by atoms with Gasteiger partial charge in [-0.2, -0.15) is 0 Å². The Kier molecular flexibility index (Phi) is 3.54. The molecule has 0 unspecified atom stereocenters. The maximum absolute atomic E-state index is 11.7. The lowest BCUT2D eigenvalue weighted by molar-refractivity contribution is 0.0951. The zero-order valence-electron chi connectivity index (χ0n) is 9.12. The molecule has 0 spiro atoms. The van der Waals surface area contributed by atoms with Gasteiger partial charge in [-0.1, -0.05) is 6.07 Å². The molecule has 3 N–H and O–H groups in total. The molecule has 4 heteroatoms. The summed E-state index contributed by atoms with van der Waals surface area (Å²) in [6.45, 7) is 2.36. The Morgan fingerprint density at radius 1 is 1.38 bits per heavy atom. The van der Waals surface area contributed by atoms with Crippen molar-refractivity contribution in [2.45, 2.75) is 19.5 Å². The van der Waals surface area contributed by atoms with Gasteiger partial charge in [0.05, 0.1) is 0 Å². The third-order valence-corrected chi connectivity index (χ3v) is 2.72. The molecular formula is C12H16N2O2. The highest BCUT2D eigenvalue weighted by molar-refractivity contribution is 5.94. The number of aliphatic hydroxyl groups excluding tert-OH is 1. The molecule has 1 aromatic rings. The first-order chi connectivity index (χ1) is 7.81. The van der Waals surface area contributed by atoms with E-state index < -0.39 is 0 Å². The second-order valence-electron chi connectivity index (χ2n) is 3.92. The van der Waals surface area contributed by atoms with E-state index in [0.717, 1.165) is 13.1 Å². The van der Waals surface area contributed by atoms with Crippen molar-refractivity contribution in [1.82, 2.24) is 10.6 Å². The Hall–Kier alpha value is -1.39. The molecular weight excluding hydrogens is 204 g/mol. The number of rotatable bonds is 4. The molecule has 0 aliphatic carbocycles. The van der Waals surface area contributed by atoms with Crippen molar-refractivity contribution >= 4 is 5.91 Å². The van der Waals surface area contributed by atoms with Crippen LogP contribution in [0.25, 0.3) is 0 Å². The lowest BCUT2D eigenvalue weighted by atomic mass is 10.1. The molecule has 0 saturated heterocycles. The molecule has 1 aromatic carbocycles. The fraction of sp³-hybridized carbons (Fsp3) is 0.417. The Labute approximate surface area is 94.7 Å². The molecule has 86 valence electrons. The van der Waals surface area contributed by atoms with Crippen LogP contribution in [0.2, 0.25) is 0 Å². The summed E-state index contributed by atoms with van der Waals surface area (Å²) in [6.07, 6.45) is 0.595. The van der Waals surface area contributed by atoms with Gasteiger partial charge >= 0.3 is 0 Å². The number of fused-ring (bicyclic) bond motifs is 1. The number of carbonyl (C=O) groups is 1. The summed E-state index contributed by atoms with van der Waals surface area (Å²) in [5, 5.41) is 14.6. The molecule has 0 fully saturated rings. The molecule has 0 saturated carbocycles. The summed E-state index contributed by atoms with van der Waals surface area (Å²) in [5.74, 6) is -0.0665. The van der Waals surface area contributed by atoms with Gasteiger partial charge in [-0.05, 0) is 29.7 Å². The number of hydrogen-bond acceptors (Lipinski definition) is 3. The van der Waals surface area contributed by atoms with Gasteiger partial charge < -0.3 is 15.7 Å². The van der Waals surface area contributed by atoms with Crippen LogP contribution in [-0.2, 0) is 13.1 Å². The maximum Gasteiger partial charge on any atom is 0.251 e. The summed E-state index contributed by atoms with van der Waals surface area (Å²) in [4.78, 5) is 11.7. The van der Waals surface area contributed by atoms with Crippen LogP contribution < -0.4 is 10.6 Å². The Balaban J connectivity index is 2.01. The fourth-order valence-corrected chi connectivity index (χ4v) is 1.82. The van der Waals surface area contributed by atoms with Gasteiger partial charge in [-0.15, -0.1) is 0 Å². The van der Waals surface area contributed by atoms with Gasteiger partial charge in [0.25, 0.3) is 5.91 Å². The molecule has 0 atom stereocenters. The Morgan fingerprint density at radius 2 is 2.19 bits per heavy atom. The standard InChI is InChI=1S/C12H16N2O2/c15-5-1-4-14-12(16)9-2-3-10-7-13-8-11(10)6-9/h2-3,6,13,15H,1,4-5,7-8H2,(H,14,16). The van der Waals surface area contributed by atoms with Crippen LogP contribution in [0.15, 0.2) is 18.2 Å². The highest BCUT2D eigenvalue weighted by Gasteiger charge is 2.12.